The number of hydrogen-bond acceptors (Lipinski definition) is 5. The standard InChI is InChI=1S/C23H24FN5O2/c1-15-12-29(13-16-7-3-2-4-8-16)14-18(15)21-26-23(31)20(27-28-21)11-25-22(30)17-9-5-6-10-19(17)24/h2-10,15,18H,11-14H2,1H3,(H,25,30)(H,26,28,31). The first-order valence-corrected chi connectivity index (χ1v) is 10.3. The van der Waals surface area contributed by atoms with Crippen LogP contribution in [0.3, 0.4) is 0 Å². The van der Waals surface area contributed by atoms with Crippen LogP contribution in [-0.4, -0.2) is 39.1 Å². The van der Waals surface area contributed by atoms with E-state index < -0.39 is 17.3 Å². The fraction of sp³-hybridized carbons (Fsp3) is 0.304. The van der Waals surface area contributed by atoms with Gasteiger partial charge in [0.15, 0.2) is 0 Å². The van der Waals surface area contributed by atoms with E-state index in [0.717, 1.165) is 19.6 Å². The molecule has 7 nitrogen and oxygen atoms in total. The molecule has 2 heterocycles. The van der Waals surface area contributed by atoms with E-state index in [1.54, 1.807) is 6.07 Å². The number of aromatic nitrogens is 3. The lowest BCUT2D eigenvalue weighted by molar-refractivity contribution is 0.0946. The molecule has 1 fully saturated rings. The third-order valence-corrected chi connectivity index (χ3v) is 5.61. The highest BCUT2D eigenvalue weighted by atomic mass is 19.1. The predicted octanol–water partition coefficient (Wildman–Crippen LogP) is 2.47. The fourth-order valence-corrected chi connectivity index (χ4v) is 3.95. The van der Waals surface area contributed by atoms with Crippen molar-refractivity contribution < 1.29 is 9.18 Å². The number of carbonyl (C=O) groups is 1. The van der Waals surface area contributed by atoms with Crippen LogP contribution < -0.4 is 10.9 Å². The molecule has 1 aliphatic heterocycles. The van der Waals surface area contributed by atoms with E-state index in [2.05, 4.69) is 44.5 Å². The average molecular weight is 421 g/mol. The van der Waals surface area contributed by atoms with Gasteiger partial charge in [0.05, 0.1) is 12.1 Å². The molecule has 0 bridgehead atoms. The SMILES string of the molecule is CC1CN(Cc2ccccc2)CC1c1nnc(CNC(=O)c2ccccc2F)c(=O)[nH]1. The van der Waals surface area contributed by atoms with Crippen LogP contribution in [0.2, 0.25) is 0 Å². The van der Waals surface area contributed by atoms with Crippen molar-refractivity contribution in [1.29, 1.82) is 0 Å². The van der Waals surface area contributed by atoms with Gasteiger partial charge in [-0.3, -0.25) is 14.5 Å². The highest BCUT2D eigenvalue weighted by Crippen LogP contribution is 2.30. The van der Waals surface area contributed by atoms with Crippen LogP contribution >= 0.6 is 0 Å². The van der Waals surface area contributed by atoms with E-state index in [1.165, 1.54) is 23.8 Å². The Morgan fingerprint density at radius 3 is 2.61 bits per heavy atom. The maximum absolute atomic E-state index is 13.7. The first-order valence-electron chi connectivity index (χ1n) is 10.3. The van der Waals surface area contributed by atoms with E-state index >= 15 is 0 Å². The predicted molar refractivity (Wildman–Crippen MR) is 114 cm³/mol. The number of aromatic amines is 1. The second kappa shape index (κ2) is 9.18. The Hall–Kier alpha value is -3.39. The van der Waals surface area contributed by atoms with Crippen molar-refractivity contribution in [2.75, 3.05) is 13.1 Å². The van der Waals surface area contributed by atoms with E-state index in [1.807, 2.05) is 18.2 Å². The van der Waals surface area contributed by atoms with Crippen molar-refractivity contribution in [1.82, 2.24) is 25.4 Å². The van der Waals surface area contributed by atoms with Gasteiger partial charge in [0, 0.05) is 25.6 Å². The van der Waals surface area contributed by atoms with E-state index in [4.69, 9.17) is 0 Å². The molecule has 160 valence electrons. The number of halogens is 1. The molecule has 1 saturated heterocycles. The summed E-state index contributed by atoms with van der Waals surface area (Å²) in [6.07, 6.45) is 0. The van der Waals surface area contributed by atoms with Gasteiger partial charge in [0.1, 0.15) is 17.3 Å². The first kappa shape index (κ1) is 20.9. The smallest absolute Gasteiger partial charge is 0.274 e. The normalized spacial score (nSPS) is 18.8. The molecule has 3 aromatic rings. The summed E-state index contributed by atoms with van der Waals surface area (Å²) in [4.78, 5) is 29.8. The Kier molecular flexibility index (Phi) is 6.18. The second-order valence-electron chi connectivity index (χ2n) is 7.91. The quantitative estimate of drug-likeness (QED) is 0.638. The average Bonchev–Trinajstić information content (AvgIpc) is 3.13. The number of nitrogens with zero attached hydrogens (tertiary/aromatic N) is 3. The van der Waals surface area contributed by atoms with Crippen LogP contribution in [0, 0.1) is 11.7 Å². The Bertz CT molecular complexity index is 1120. The van der Waals surface area contributed by atoms with Crippen molar-refractivity contribution in [2.24, 2.45) is 5.92 Å². The van der Waals surface area contributed by atoms with Gasteiger partial charge in [-0.25, -0.2) is 4.39 Å². The van der Waals surface area contributed by atoms with Crippen LogP contribution in [-0.2, 0) is 13.1 Å². The van der Waals surface area contributed by atoms with Crippen LogP contribution in [0.1, 0.15) is 40.3 Å². The molecule has 1 amide bonds. The summed E-state index contributed by atoms with van der Waals surface area (Å²) in [6, 6.07) is 15.9. The molecule has 0 aliphatic carbocycles. The zero-order valence-electron chi connectivity index (χ0n) is 17.2. The van der Waals surface area contributed by atoms with Crippen LogP contribution in [0.4, 0.5) is 4.39 Å². The van der Waals surface area contributed by atoms with Gasteiger partial charge in [-0.05, 0) is 23.6 Å². The third-order valence-electron chi connectivity index (χ3n) is 5.61. The minimum atomic E-state index is -0.620. The minimum Gasteiger partial charge on any atom is -0.346 e. The van der Waals surface area contributed by atoms with Gasteiger partial charge in [-0.2, -0.15) is 0 Å². The van der Waals surface area contributed by atoms with Crippen LogP contribution in [0.25, 0.3) is 0 Å². The number of hydrogen-bond donors (Lipinski definition) is 2. The van der Waals surface area contributed by atoms with Crippen LogP contribution in [0.15, 0.2) is 59.4 Å². The number of carbonyl (C=O) groups excluding carboxylic acids is 1. The van der Waals surface area contributed by atoms with Crippen molar-refractivity contribution >= 4 is 5.91 Å². The molecule has 1 aromatic heterocycles. The number of benzene rings is 2. The summed E-state index contributed by atoms with van der Waals surface area (Å²) in [5.41, 5.74) is 0.852. The van der Waals surface area contributed by atoms with Crippen molar-refractivity contribution in [2.45, 2.75) is 25.9 Å². The van der Waals surface area contributed by atoms with Crippen molar-refractivity contribution in [3.05, 3.63) is 93.4 Å². The third kappa shape index (κ3) is 4.86. The summed E-state index contributed by atoms with van der Waals surface area (Å²) in [6.45, 7) is 4.54. The van der Waals surface area contributed by atoms with E-state index in [9.17, 15) is 14.0 Å². The van der Waals surface area contributed by atoms with Crippen LogP contribution in [0.5, 0.6) is 0 Å². The highest BCUT2D eigenvalue weighted by Gasteiger charge is 2.32. The molecule has 1 aliphatic rings. The lowest BCUT2D eigenvalue weighted by atomic mass is 9.97. The fourth-order valence-electron chi connectivity index (χ4n) is 3.95. The van der Waals surface area contributed by atoms with Gasteiger partial charge in [0.25, 0.3) is 11.5 Å². The Morgan fingerprint density at radius 2 is 1.87 bits per heavy atom. The summed E-state index contributed by atoms with van der Waals surface area (Å²) in [5, 5.41) is 10.8. The summed E-state index contributed by atoms with van der Waals surface area (Å²) < 4.78 is 13.7. The molecular weight excluding hydrogens is 397 g/mol. The molecular formula is C23H24FN5O2. The molecule has 0 saturated carbocycles. The summed E-state index contributed by atoms with van der Waals surface area (Å²) >= 11 is 0. The van der Waals surface area contributed by atoms with E-state index in [-0.39, 0.29) is 23.7 Å². The highest BCUT2D eigenvalue weighted by molar-refractivity contribution is 5.94. The molecule has 2 unspecified atom stereocenters. The molecule has 2 N–H and O–H groups in total. The zero-order valence-corrected chi connectivity index (χ0v) is 17.2. The lowest BCUT2D eigenvalue weighted by Crippen LogP contribution is -2.30. The van der Waals surface area contributed by atoms with Crippen molar-refractivity contribution in [3.8, 4) is 0 Å². The lowest BCUT2D eigenvalue weighted by Gasteiger charge is -2.15. The Balaban J connectivity index is 1.40. The van der Waals surface area contributed by atoms with Gasteiger partial charge in [0.2, 0.25) is 0 Å². The largest absolute Gasteiger partial charge is 0.346 e. The summed E-state index contributed by atoms with van der Waals surface area (Å²) in [7, 11) is 0. The Labute approximate surface area is 179 Å². The minimum absolute atomic E-state index is 0.0750. The molecule has 4 rings (SSSR count). The molecule has 0 spiro atoms. The van der Waals surface area contributed by atoms with Gasteiger partial charge < -0.3 is 10.3 Å². The molecule has 8 heteroatoms. The summed E-state index contributed by atoms with van der Waals surface area (Å²) in [5.74, 6) is -0.279. The maximum Gasteiger partial charge on any atom is 0.274 e. The topological polar surface area (TPSA) is 91.0 Å². The molecule has 2 atom stereocenters. The number of likely N-dealkylation sites (tertiary alicyclic amines) is 1. The monoisotopic (exact) mass is 421 g/mol. The number of amides is 1. The van der Waals surface area contributed by atoms with Gasteiger partial charge in [-0.1, -0.05) is 49.4 Å². The molecule has 2 aromatic carbocycles. The second-order valence-corrected chi connectivity index (χ2v) is 7.91. The van der Waals surface area contributed by atoms with Gasteiger partial charge in [-0.15, -0.1) is 10.2 Å². The van der Waals surface area contributed by atoms with Crippen molar-refractivity contribution in [3.63, 3.8) is 0 Å². The maximum atomic E-state index is 13.7. The molecule has 0 radical (unpaired) electrons. The first-order chi connectivity index (χ1) is 15.0. The molecule has 31 heavy (non-hydrogen) atoms. The number of rotatable bonds is 6. The van der Waals surface area contributed by atoms with E-state index in [0.29, 0.717) is 11.7 Å². The number of H-pyrrole nitrogens is 1. The van der Waals surface area contributed by atoms with Gasteiger partial charge >= 0.3 is 0 Å². The zero-order chi connectivity index (χ0) is 21.8. The number of nitrogens with one attached hydrogen (secondary N) is 2. The Morgan fingerprint density at radius 1 is 1.13 bits per heavy atom.